The number of nitrogens with one attached hydrogen (secondary N) is 1. The van der Waals surface area contributed by atoms with Gasteiger partial charge in [-0.25, -0.2) is 9.97 Å². The molecule has 7 nitrogen and oxygen atoms in total. The van der Waals surface area contributed by atoms with Gasteiger partial charge < -0.3 is 15.0 Å². The van der Waals surface area contributed by atoms with Gasteiger partial charge in [-0.05, 0) is 12.0 Å². The van der Waals surface area contributed by atoms with Gasteiger partial charge in [0.25, 0.3) is 0 Å². The van der Waals surface area contributed by atoms with E-state index in [1.165, 1.54) is 0 Å². The van der Waals surface area contributed by atoms with Crippen molar-refractivity contribution in [2.24, 2.45) is 5.92 Å². The van der Waals surface area contributed by atoms with Gasteiger partial charge in [-0.3, -0.25) is 4.68 Å². The summed E-state index contributed by atoms with van der Waals surface area (Å²) < 4.78 is 7.32. The van der Waals surface area contributed by atoms with Gasteiger partial charge >= 0.3 is 0 Å². The Morgan fingerprint density at radius 3 is 2.95 bits per heavy atom. The Kier molecular flexibility index (Phi) is 4.85. The molecule has 0 aromatic carbocycles. The topological polar surface area (TPSA) is 68.1 Å². The molecule has 3 heterocycles. The maximum Gasteiger partial charge on any atom is 0.134 e. The molecule has 0 saturated carbocycles. The van der Waals surface area contributed by atoms with Crippen LogP contribution in [0, 0.1) is 5.92 Å². The lowest BCUT2D eigenvalue weighted by Gasteiger charge is -2.27. The van der Waals surface area contributed by atoms with Crippen LogP contribution in [0.25, 0.3) is 0 Å². The van der Waals surface area contributed by atoms with E-state index in [2.05, 4.69) is 32.2 Å². The van der Waals surface area contributed by atoms with Crippen molar-refractivity contribution in [2.45, 2.75) is 13.5 Å². The summed E-state index contributed by atoms with van der Waals surface area (Å²) in [4.78, 5) is 10.9. The van der Waals surface area contributed by atoms with Gasteiger partial charge in [0, 0.05) is 44.6 Å². The van der Waals surface area contributed by atoms with E-state index in [-0.39, 0.29) is 0 Å². The summed E-state index contributed by atoms with van der Waals surface area (Å²) in [5, 5.41) is 7.62. The zero-order valence-corrected chi connectivity index (χ0v) is 12.9. The third-order valence-electron chi connectivity index (χ3n) is 3.68. The first kappa shape index (κ1) is 14.8. The molecule has 1 saturated heterocycles. The van der Waals surface area contributed by atoms with Crippen molar-refractivity contribution in [1.82, 2.24) is 19.7 Å². The van der Waals surface area contributed by atoms with E-state index in [0.717, 1.165) is 51.0 Å². The van der Waals surface area contributed by atoms with E-state index in [0.29, 0.717) is 5.92 Å². The van der Waals surface area contributed by atoms with Crippen LogP contribution >= 0.6 is 0 Å². The number of hydrogen-bond acceptors (Lipinski definition) is 6. The molecule has 7 heteroatoms. The molecular weight excluding hydrogens is 280 g/mol. The molecule has 3 rings (SSSR count). The van der Waals surface area contributed by atoms with E-state index in [4.69, 9.17) is 4.74 Å². The predicted molar refractivity (Wildman–Crippen MR) is 84.9 cm³/mol. The molecule has 118 valence electrons. The summed E-state index contributed by atoms with van der Waals surface area (Å²) in [6, 6.07) is 3.95. The fourth-order valence-corrected chi connectivity index (χ4v) is 2.48. The van der Waals surface area contributed by atoms with Crippen molar-refractivity contribution in [3.8, 4) is 0 Å². The highest BCUT2D eigenvalue weighted by Gasteiger charge is 2.13. The number of anilines is 2. The second-order valence-corrected chi connectivity index (χ2v) is 5.58. The molecule has 0 amide bonds. The molecule has 0 aliphatic carbocycles. The minimum absolute atomic E-state index is 0.460. The zero-order chi connectivity index (χ0) is 15.2. The van der Waals surface area contributed by atoms with E-state index in [1.807, 2.05) is 23.0 Å². The number of aromatic nitrogens is 4. The number of rotatable bonds is 6. The smallest absolute Gasteiger partial charge is 0.134 e. The second kappa shape index (κ2) is 7.22. The molecule has 1 unspecified atom stereocenters. The van der Waals surface area contributed by atoms with Crippen LogP contribution in [0.15, 0.2) is 30.9 Å². The van der Waals surface area contributed by atoms with E-state index in [1.54, 1.807) is 12.5 Å². The van der Waals surface area contributed by atoms with Crippen molar-refractivity contribution in [2.75, 3.05) is 43.1 Å². The van der Waals surface area contributed by atoms with Crippen molar-refractivity contribution in [3.63, 3.8) is 0 Å². The molecule has 1 N–H and O–H groups in total. The van der Waals surface area contributed by atoms with Crippen LogP contribution < -0.4 is 10.2 Å². The van der Waals surface area contributed by atoms with Crippen LogP contribution in [0.3, 0.4) is 0 Å². The van der Waals surface area contributed by atoms with Crippen LogP contribution in [0.4, 0.5) is 11.6 Å². The number of morpholine rings is 1. The molecule has 2 aromatic heterocycles. The Morgan fingerprint density at radius 1 is 1.32 bits per heavy atom. The molecule has 1 aliphatic heterocycles. The van der Waals surface area contributed by atoms with Crippen molar-refractivity contribution in [3.05, 3.63) is 30.9 Å². The van der Waals surface area contributed by atoms with Gasteiger partial charge in [0.05, 0.1) is 13.2 Å². The van der Waals surface area contributed by atoms with Gasteiger partial charge in [0.15, 0.2) is 0 Å². The van der Waals surface area contributed by atoms with Gasteiger partial charge in [-0.15, -0.1) is 0 Å². The first-order valence-electron chi connectivity index (χ1n) is 7.67. The molecule has 0 radical (unpaired) electrons. The molecule has 0 spiro atoms. The number of hydrogen-bond donors (Lipinski definition) is 1. The average molecular weight is 302 g/mol. The van der Waals surface area contributed by atoms with Gasteiger partial charge in [-0.1, -0.05) is 6.92 Å². The van der Waals surface area contributed by atoms with Crippen molar-refractivity contribution < 1.29 is 4.74 Å². The van der Waals surface area contributed by atoms with Crippen LogP contribution in [-0.2, 0) is 11.3 Å². The first-order chi connectivity index (χ1) is 10.8. The van der Waals surface area contributed by atoms with E-state index in [9.17, 15) is 0 Å². The summed E-state index contributed by atoms with van der Waals surface area (Å²) in [6.45, 7) is 7.21. The largest absolute Gasteiger partial charge is 0.378 e. The zero-order valence-electron chi connectivity index (χ0n) is 12.9. The maximum atomic E-state index is 5.37. The third-order valence-corrected chi connectivity index (χ3v) is 3.68. The minimum Gasteiger partial charge on any atom is -0.378 e. The first-order valence-corrected chi connectivity index (χ1v) is 7.67. The van der Waals surface area contributed by atoms with Crippen LogP contribution in [0.2, 0.25) is 0 Å². The fraction of sp³-hybridized carbons (Fsp3) is 0.533. The lowest BCUT2D eigenvalue weighted by Crippen LogP contribution is -2.36. The Morgan fingerprint density at radius 2 is 2.18 bits per heavy atom. The molecule has 22 heavy (non-hydrogen) atoms. The Bertz CT molecular complexity index is 567. The summed E-state index contributed by atoms with van der Waals surface area (Å²) >= 11 is 0. The quantitative estimate of drug-likeness (QED) is 0.866. The molecule has 1 atom stereocenters. The summed E-state index contributed by atoms with van der Waals surface area (Å²) in [5.41, 5.74) is 0. The average Bonchev–Trinajstić information content (AvgIpc) is 3.07. The highest BCUT2D eigenvalue weighted by atomic mass is 16.5. The highest BCUT2D eigenvalue weighted by Crippen LogP contribution is 2.15. The Hall–Kier alpha value is -2.15. The predicted octanol–water partition coefficient (Wildman–Crippen LogP) is 1.26. The summed E-state index contributed by atoms with van der Waals surface area (Å²) in [5.74, 6) is 2.28. The molecule has 0 bridgehead atoms. The van der Waals surface area contributed by atoms with E-state index >= 15 is 0 Å². The molecule has 2 aromatic rings. The van der Waals surface area contributed by atoms with Gasteiger partial charge in [-0.2, -0.15) is 5.10 Å². The Labute approximate surface area is 130 Å². The molecule has 1 fully saturated rings. The van der Waals surface area contributed by atoms with Gasteiger partial charge in [0.2, 0.25) is 0 Å². The summed E-state index contributed by atoms with van der Waals surface area (Å²) in [7, 11) is 0. The SMILES string of the molecule is CC(CNc1cc(N2CCOCC2)ncn1)Cn1cccn1. The molecule has 1 aliphatic rings. The van der Waals surface area contributed by atoms with Crippen molar-refractivity contribution >= 4 is 11.6 Å². The van der Waals surface area contributed by atoms with Crippen LogP contribution in [0.1, 0.15) is 6.92 Å². The second-order valence-electron chi connectivity index (χ2n) is 5.58. The highest BCUT2D eigenvalue weighted by molar-refractivity contribution is 5.48. The third kappa shape index (κ3) is 3.94. The number of ether oxygens (including phenoxy) is 1. The minimum atomic E-state index is 0.460. The van der Waals surface area contributed by atoms with Crippen molar-refractivity contribution in [1.29, 1.82) is 0 Å². The number of nitrogens with zero attached hydrogens (tertiary/aromatic N) is 5. The fourth-order valence-electron chi connectivity index (χ4n) is 2.48. The summed E-state index contributed by atoms with van der Waals surface area (Å²) in [6.07, 6.45) is 5.40. The van der Waals surface area contributed by atoms with E-state index < -0.39 is 0 Å². The Balaban J connectivity index is 1.53. The standard InChI is InChI=1S/C15H22N6O/c1-13(11-21-4-2-3-19-21)10-16-14-9-15(18-12-17-14)20-5-7-22-8-6-20/h2-4,9,12-13H,5-8,10-11H2,1H3,(H,16,17,18). The monoisotopic (exact) mass is 302 g/mol. The lowest BCUT2D eigenvalue weighted by molar-refractivity contribution is 0.122. The lowest BCUT2D eigenvalue weighted by atomic mass is 10.2. The maximum absolute atomic E-state index is 5.37. The van der Waals surface area contributed by atoms with Crippen LogP contribution in [-0.4, -0.2) is 52.6 Å². The van der Waals surface area contributed by atoms with Gasteiger partial charge in [0.1, 0.15) is 18.0 Å². The van der Waals surface area contributed by atoms with Crippen LogP contribution in [0.5, 0.6) is 0 Å². The molecular formula is C15H22N6O. The normalized spacial score (nSPS) is 16.5.